The van der Waals surface area contributed by atoms with Crippen LogP contribution in [0.3, 0.4) is 0 Å². The Morgan fingerprint density at radius 3 is 2.48 bits per heavy atom. The molecule has 0 atom stereocenters. The van der Waals surface area contributed by atoms with Crippen LogP contribution in [0.5, 0.6) is 5.75 Å². The number of sulfonamides is 1. The molecular formula is C13H16N4O5S. The lowest BCUT2D eigenvalue weighted by molar-refractivity contribution is -0.387. The van der Waals surface area contributed by atoms with E-state index in [1.165, 1.54) is 17.9 Å². The summed E-state index contributed by atoms with van der Waals surface area (Å²) >= 11 is 0. The van der Waals surface area contributed by atoms with Crippen molar-refractivity contribution in [2.24, 2.45) is 7.05 Å². The molecule has 0 aliphatic rings. The van der Waals surface area contributed by atoms with Gasteiger partial charge in [-0.1, -0.05) is 0 Å². The van der Waals surface area contributed by atoms with Gasteiger partial charge in [0, 0.05) is 7.05 Å². The Bertz CT molecular complexity index is 873. The molecule has 0 fully saturated rings. The third kappa shape index (κ3) is 3.11. The quantitative estimate of drug-likeness (QED) is 0.655. The summed E-state index contributed by atoms with van der Waals surface area (Å²) in [7, 11) is -1.13. The highest BCUT2D eigenvalue weighted by molar-refractivity contribution is 7.92. The molecule has 2 aromatic rings. The lowest BCUT2D eigenvalue weighted by atomic mass is 10.3. The monoisotopic (exact) mass is 340 g/mol. The lowest BCUT2D eigenvalue weighted by Gasteiger charge is -2.10. The molecule has 0 amide bonds. The van der Waals surface area contributed by atoms with Crippen molar-refractivity contribution in [1.29, 1.82) is 0 Å². The number of hydrogen-bond acceptors (Lipinski definition) is 6. The second-order valence-electron chi connectivity index (χ2n) is 4.87. The van der Waals surface area contributed by atoms with Crippen LogP contribution in [0.2, 0.25) is 0 Å². The summed E-state index contributed by atoms with van der Waals surface area (Å²) < 4.78 is 33.9. The lowest BCUT2D eigenvalue weighted by Crippen LogP contribution is -2.16. The minimum absolute atomic E-state index is 0.199. The predicted molar refractivity (Wildman–Crippen MR) is 83.1 cm³/mol. The SMILES string of the molecule is COc1ccc(S(=O)(=O)Nc2c(C)nn(C)c2C)c([N+](=O)[O-])c1. The summed E-state index contributed by atoms with van der Waals surface area (Å²) in [6.45, 7) is 3.34. The molecule has 1 aromatic carbocycles. The highest BCUT2D eigenvalue weighted by Gasteiger charge is 2.28. The van der Waals surface area contributed by atoms with Crippen molar-refractivity contribution in [3.63, 3.8) is 0 Å². The molecule has 0 unspecified atom stereocenters. The number of anilines is 1. The number of methoxy groups -OCH3 is 1. The van der Waals surface area contributed by atoms with Crippen LogP contribution in [0.25, 0.3) is 0 Å². The van der Waals surface area contributed by atoms with Gasteiger partial charge in [-0.3, -0.25) is 19.5 Å². The van der Waals surface area contributed by atoms with Crippen LogP contribution in [-0.2, 0) is 17.1 Å². The van der Waals surface area contributed by atoms with Gasteiger partial charge in [0.15, 0.2) is 4.90 Å². The van der Waals surface area contributed by atoms with Crippen LogP contribution in [0.1, 0.15) is 11.4 Å². The third-order valence-corrected chi connectivity index (χ3v) is 4.79. The van der Waals surface area contributed by atoms with E-state index in [1.807, 2.05) is 0 Å². The Morgan fingerprint density at radius 2 is 2.00 bits per heavy atom. The van der Waals surface area contributed by atoms with Gasteiger partial charge in [-0.25, -0.2) is 8.42 Å². The second-order valence-corrected chi connectivity index (χ2v) is 6.52. The van der Waals surface area contributed by atoms with Gasteiger partial charge in [-0.2, -0.15) is 5.10 Å². The van der Waals surface area contributed by atoms with Gasteiger partial charge in [0.1, 0.15) is 5.75 Å². The van der Waals surface area contributed by atoms with Crippen molar-refractivity contribution in [1.82, 2.24) is 9.78 Å². The van der Waals surface area contributed by atoms with Crippen molar-refractivity contribution >= 4 is 21.4 Å². The van der Waals surface area contributed by atoms with Crippen LogP contribution in [-0.4, -0.2) is 30.2 Å². The van der Waals surface area contributed by atoms with Crippen molar-refractivity contribution in [2.75, 3.05) is 11.8 Å². The van der Waals surface area contributed by atoms with E-state index in [4.69, 9.17) is 4.74 Å². The van der Waals surface area contributed by atoms with Gasteiger partial charge in [0.25, 0.3) is 15.7 Å². The van der Waals surface area contributed by atoms with E-state index in [0.29, 0.717) is 17.1 Å². The molecule has 0 aliphatic carbocycles. The maximum absolute atomic E-state index is 12.5. The zero-order valence-electron chi connectivity index (χ0n) is 13.0. The van der Waals surface area contributed by atoms with Crippen LogP contribution in [0.15, 0.2) is 23.1 Å². The number of nitrogens with zero attached hydrogens (tertiary/aromatic N) is 3. The first-order chi connectivity index (χ1) is 10.7. The van der Waals surface area contributed by atoms with E-state index < -0.39 is 25.5 Å². The van der Waals surface area contributed by atoms with Gasteiger partial charge >= 0.3 is 0 Å². The molecule has 1 heterocycles. The van der Waals surface area contributed by atoms with Gasteiger partial charge < -0.3 is 4.74 Å². The summed E-state index contributed by atoms with van der Waals surface area (Å²) in [5.41, 5.74) is 0.820. The topological polar surface area (TPSA) is 116 Å². The summed E-state index contributed by atoms with van der Waals surface area (Å²) in [5, 5.41) is 15.3. The number of nitrogens with one attached hydrogen (secondary N) is 1. The summed E-state index contributed by atoms with van der Waals surface area (Å²) in [5.74, 6) is 0.199. The number of hydrogen-bond donors (Lipinski definition) is 1. The van der Waals surface area contributed by atoms with Crippen LogP contribution < -0.4 is 9.46 Å². The molecule has 2 rings (SSSR count). The van der Waals surface area contributed by atoms with Crippen LogP contribution >= 0.6 is 0 Å². The fourth-order valence-corrected chi connectivity index (χ4v) is 3.43. The summed E-state index contributed by atoms with van der Waals surface area (Å²) in [4.78, 5) is 9.97. The zero-order chi connectivity index (χ0) is 17.4. The van der Waals surface area contributed by atoms with Crippen molar-refractivity contribution < 1.29 is 18.1 Å². The molecule has 10 heteroatoms. The largest absolute Gasteiger partial charge is 0.497 e. The third-order valence-electron chi connectivity index (χ3n) is 3.40. The maximum Gasteiger partial charge on any atom is 0.293 e. The minimum Gasteiger partial charge on any atom is -0.497 e. The molecule has 0 radical (unpaired) electrons. The number of ether oxygens (including phenoxy) is 1. The Hall–Kier alpha value is -2.62. The molecular weight excluding hydrogens is 324 g/mol. The first kappa shape index (κ1) is 16.7. The fourth-order valence-electron chi connectivity index (χ4n) is 2.10. The number of benzene rings is 1. The molecule has 1 aromatic heterocycles. The fraction of sp³-hybridized carbons (Fsp3) is 0.308. The number of aromatic nitrogens is 2. The van der Waals surface area contributed by atoms with Gasteiger partial charge in [0.05, 0.1) is 35.2 Å². The summed E-state index contributed by atoms with van der Waals surface area (Å²) in [6.07, 6.45) is 0. The van der Waals surface area contributed by atoms with Crippen molar-refractivity contribution in [2.45, 2.75) is 18.7 Å². The first-order valence-electron chi connectivity index (χ1n) is 6.53. The molecule has 0 spiro atoms. The normalized spacial score (nSPS) is 11.3. The van der Waals surface area contributed by atoms with E-state index in [1.54, 1.807) is 20.9 Å². The van der Waals surface area contributed by atoms with Crippen molar-refractivity contribution in [3.05, 3.63) is 39.7 Å². The highest BCUT2D eigenvalue weighted by atomic mass is 32.2. The van der Waals surface area contributed by atoms with E-state index in [-0.39, 0.29) is 5.75 Å². The van der Waals surface area contributed by atoms with Gasteiger partial charge in [-0.15, -0.1) is 0 Å². The average molecular weight is 340 g/mol. The Labute approximate surface area is 133 Å². The number of nitro benzene ring substituents is 1. The molecule has 0 bridgehead atoms. The van der Waals surface area contributed by atoms with E-state index >= 15 is 0 Å². The molecule has 23 heavy (non-hydrogen) atoms. The van der Waals surface area contributed by atoms with E-state index in [9.17, 15) is 18.5 Å². The molecule has 0 saturated carbocycles. The van der Waals surface area contributed by atoms with E-state index in [0.717, 1.165) is 12.1 Å². The number of rotatable bonds is 5. The standard InChI is InChI=1S/C13H16N4O5S/c1-8-13(9(2)16(3)14-8)15-23(20,21)12-6-5-10(22-4)7-11(12)17(18)19/h5-7,15H,1-4H3. The molecule has 0 aliphatic heterocycles. The Morgan fingerprint density at radius 1 is 1.35 bits per heavy atom. The second kappa shape index (κ2) is 5.88. The predicted octanol–water partition coefficient (Wildman–Crippen LogP) is 1.75. The minimum atomic E-state index is -4.15. The first-order valence-corrected chi connectivity index (χ1v) is 8.01. The van der Waals surface area contributed by atoms with Crippen LogP contribution in [0.4, 0.5) is 11.4 Å². The smallest absolute Gasteiger partial charge is 0.293 e. The Balaban J connectivity index is 2.54. The highest BCUT2D eigenvalue weighted by Crippen LogP contribution is 2.31. The number of aryl methyl sites for hydroxylation is 2. The Kier molecular flexibility index (Phi) is 4.28. The van der Waals surface area contributed by atoms with Crippen LogP contribution in [0, 0.1) is 24.0 Å². The summed E-state index contributed by atoms with van der Waals surface area (Å²) in [6, 6.07) is 3.56. The molecule has 9 nitrogen and oxygen atoms in total. The molecule has 0 saturated heterocycles. The van der Waals surface area contributed by atoms with Crippen molar-refractivity contribution in [3.8, 4) is 5.75 Å². The average Bonchev–Trinajstić information content (AvgIpc) is 2.72. The molecule has 124 valence electrons. The maximum atomic E-state index is 12.5. The molecule has 1 N–H and O–H groups in total. The van der Waals surface area contributed by atoms with Gasteiger partial charge in [0.2, 0.25) is 0 Å². The van der Waals surface area contributed by atoms with E-state index in [2.05, 4.69) is 9.82 Å². The number of nitro groups is 1. The van der Waals surface area contributed by atoms with Gasteiger partial charge in [-0.05, 0) is 26.0 Å². The zero-order valence-corrected chi connectivity index (χ0v) is 13.8.